The van der Waals surface area contributed by atoms with Crippen LogP contribution in [0.5, 0.6) is 0 Å². The summed E-state index contributed by atoms with van der Waals surface area (Å²) in [5, 5.41) is 11.9. The molecule has 20 heavy (non-hydrogen) atoms. The zero-order valence-corrected chi connectivity index (χ0v) is 12.3. The second-order valence-corrected chi connectivity index (χ2v) is 5.08. The average Bonchev–Trinajstić information content (AvgIpc) is 2.33. The van der Waals surface area contributed by atoms with Gasteiger partial charge in [-0.1, -0.05) is 6.92 Å². The number of carboxylic acid groups (broad SMARTS) is 1. The van der Waals surface area contributed by atoms with Gasteiger partial charge in [-0.05, 0) is 43.0 Å². The van der Waals surface area contributed by atoms with Crippen LogP contribution in [0.15, 0.2) is 12.1 Å². The standard InChI is InChI=1S/C15H21NO4/c1-9(8-20-4)5-14(17)16-12-6-10(2)11(3)13(7-12)15(18)19/h6-7,9H,5,8H2,1-4H3,(H,16,17)(H,18,19). The van der Waals surface area contributed by atoms with E-state index < -0.39 is 5.97 Å². The van der Waals surface area contributed by atoms with Gasteiger partial charge in [0.15, 0.2) is 0 Å². The zero-order valence-electron chi connectivity index (χ0n) is 12.3. The number of aryl methyl sites for hydroxylation is 1. The normalized spacial score (nSPS) is 12.0. The van der Waals surface area contributed by atoms with Crippen molar-refractivity contribution in [3.05, 3.63) is 28.8 Å². The van der Waals surface area contributed by atoms with Crippen molar-refractivity contribution in [2.75, 3.05) is 19.0 Å². The van der Waals surface area contributed by atoms with Crippen molar-refractivity contribution < 1.29 is 19.4 Å². The van der Waals surface area contributed by atoms with Crippen LogP contribution in [0.25, 0.3) is 0 Å². The molecule has 1 amide bonds. The summed E-state index contributed by atoms with van der Waals surface area (Å²) in [6, 6.07) is 3.27. The molecule has 0 radical (unpaired) electrons. The summed E-state index contributed by atoms with van der Waals surface area (Å²) in [7, 11) is 1.59. The SMILES string of the molecule is COCC(C)CC(=O)Nc1cc(C)c(C)c(C(=O)O)c1. The average molecular weight is 279 g/mol. The number of aromatic carboxylic acids is 1. The van der Waals surface area contributed by atoms with E-state index >= 15 is 0 Å². The molecule has 0 saturated carbocycles. The second kappa shape index (κ2) is 7.05. The summed E-state index contributed by atoms with van der Waals surface area (Å²) in [6.07, 6.45) is 0.336. The molecule has 1 aromatic carbocycles. The van der Waals surface area contributed by atoms with Crippen LogP contribution in [0.3, 0.4) is 0 Å². The Balaban J connectivity index is 2.83. The largest absolute Gasteiger partial charge is 0.478 e. The molecule has 110 valence electrons. The smallest absolute Gasteiger partial charge is 0.336 e. The summed E-state index contributed by atoms with van der Waals surface area (Å²) < 4.78 is 4.98. The van der Waals surface area contributed by atoms with Crippen molar-refractivity contribution in [2.45, 2.75) is 27.2 Å². The number of carbonyl (C=O) groups excluding carboxylic acids is 1. The van der Waals surface area contributed by atoms with Gasteiger partial charge >= 0.3 is 5.97 Å². The molecule has 0 aliphatic rings. The van der Waals surface area contributed by atoms with Crippen LogP contribution in [-0.4, -0.2) is 30.7 Å². The number of anilines is 1. The molecule has 0 saturated heterocycles. The maximum absolute atomic E-state index is 11.9. The Kier molecular flexibility index (Phi) is 5.70. The zero-order chi connectivity index (χ0) is 15.3. The quantitative estimate of drug-likeness (QED) is 0.839. The van der Waals surface area contributed by atoms with Gasteiger partial charge < -0.3 is 15.2 Å². The summed E-state index contributed by atoms with van der Waals surface area (Å²) in [5.74, 6) is -1.02. The number of hydrogen-bond acceptors (Lipinski definition) is 3. The van der Waals surface area contributed by atoms with Crippen molar-refractivity contribution in [3.8, 4) is 0 Å². The number of carboxylic acids is 1. The number of ether oxygens (including phenoxy) is 1. The maximum Gasteiger partial charge on any atom is 0.336 e. The Morgan fingerprint density at radius 3 is 2.55 bits per heavy atom. The van der Waals surface area contributed by atoms with Crippen molar-refractivity contribution in [3.63, 3.8) is 0 Å². The monoisotopic (exact) mass is 279 g/mol. The van der Waals surface area contributed by atoms with Crippen LogP contribution in [-0.2, 0) is 9.53 Å². The van der Waals surface area contributed by atoms with Crippen LogP contribution < -0.4 is 5.32 Å². The second-order valence-electron chi connectivity index (χ2n) is 5.08. The molecule has 0 aromatic heterocycles. The molecule has 1 atom stereocenters. The van der Waals surface area contributed by atoms with Gasteiger partial charge in [0.2, 0.25) is 5.91 Å². The van der Waals surface area contributed by atoms with E-state index in [2.05, 4.69) is 5.32 Å². The van der Waals surface area contributed by atoms with Crippen molar-refractivity contribution in [1.82, 2.24) is 0 Å². The summed E-state index contributed by atoms with van der Waals surface area (Å²) >= 11 is 0. The first-order chi connectivity index (χ1) is 9.35. The van der Waals surface area contributed by atoms with Gasteiger partial charge in [0, 0.05) is 25.8 Å². The molecule has 0 bridgehead atoms. The summed E-state index contributed by atoms with van der Waals surface area (Å²) in [4.78, 5) is 23.0. The highest BCUT2D eigenvalue weighted by Gasteiger charge is 2.13. The predicted octanol–water partition coefficient (Wildman–Crippen LogP) is 2.61. The number of rotatable bonds is 6. The van der Waals surface area contributed by atoms with Gasteiger partial charge in [-0.25, -0.2) is 4.79 Å². The molecule has 1 aromatic rings. The van der Waals surface area contributed by atoms with E-state index in [4.69, 9.17) is 9.84 Å². The lowest BCUT2D eigenvalue weighted by Gasteiger charge is -2.13. The Morgan fingerprint density at radius 2 is 2.00 bits per heavy atom. The molecule has 0 heterocycles. The lowest BCUT2D eigenvalue weighted by atomic mass is 10.0. The number of amides is 1. The fraction of sp³-hybridized carbons (Fsp3) is 0.467. The van der Waals surface area contributed by atoms with E-state index in [1.165, 1.54) is 6.07 Å². The molecular weight excluding hydrogens is 258 g/mol. The van der Waals surface area contributed by atoms with Gasteiger partial charge in [0.1, 0.15) is 0 Å². The Morgan fingerprint density at radius 1 is 1.35 bits per heavy atom. The van der Waals surface area contributed by atoms with Crippen molar-refractivity contribution >= 4 is 17.6 Å². The molecule has 0 aliphatic heterocycles. The Hall–Kier alpha value is -1.88. The van der Waals surface area contributed by atoms with Crippen molar-refractivity contribution in [2.24, 2.45) is 5.92 Å². The van der Waals surface area contributed by atoms with E-state index in [0.29, 0.717) is 24.3 Å². The minimum Gasteiger partial charge on any atom is -0.478 e. The fourth-order valence-corrected chi connectivity index (χ4v) is 2.03. The molecule has 1 unspecified atom stereocenters. The third kappa shape index (κ3) is 4.35. The Labute approximate surface area is 118 Å². The van der Waals surface area contributed by atoms with E-state index in [1.807, 2.05) is 13.8 Å². The highest BCUT2D eigenvalue weighted by Crippen LogP contribution is 2.20. The molecule has 5 nitrogen and oxygen atoms in total. The van der Waals surface area contributed by atoms with Crippen LogP contribution in [0.2, 0.25) is 0 Å². The number of hydrogen-bond donors (Lipinski definition) is 2. The van der Waals surface area contributed by atoms with E-state index in [0.717, 1.165) is 5.56 Å². The third-order valence-corrected chi connectivity index (χ3v) is 3.17. The van der Waals surface area contributed by atoms with E-state index in [1.54, 1.807) is 20.1 Å². The molecule has 0 aliphatic carbocycles. The number of methoxy groups -OCH3 is 1. The minimum absolute atomic E-state index is 0.116. The fourth-order valence-electron chi connectivity index (χ4n) is 2.03. The summed E-state index contributed by atoms with van der Waals surface area (Å²) in [6.45, 7) is 6.02. The highest BCUT2D eigenvalue weighted by atomic mass is 16.5. The van der Waals surface area contributed by atoms with Crippen LogP contribution in [0.4, 0.5) is 5.69 Å². The lowest BCUT2D eigenvalue weighted by Crippen LogP contribution is -2.18. The van der Waals surface area contributed by atoms with E-state index in [-0.39, 0.29) is 17.4 Å². The van der Waals surface area contributed by atoms with Gasteiger partial charge in [-0.15, -0.1) is 0 Å². The predicted molar refractivity (Wildman–Crippen MR) is 77.2 cm³/mol. The van der Waals surface area contributed by atoms with Crippen LogP contribution in [0.1, 0.15) is 34.8 Å². The van der Waals surface area contributed by atoms with Gasteiger partial charge in [0.05, 0.1) is 5.56 Å². The topological polar surface area (TPSA) is 75.6 Å². The van der Waals surface area contributed by atoms with Gasteiger partial charge in [-0.2, -0.15) is 0 Å². The first-order valence-corrected chi connectivity index (χ1v) is 6.48. The van der Waals surface area contributed by atoms with E-state index in [9.17, 15) is 9.59 Å². The Bertz CT molecular complexity index is 511. The first kappa shape index (κ1) is 16.2. The number of benzene rings is 1. The number of carbonyl (C=O) groups is 2. The molecular formula is C15H21NO4. The summed E-state index contributed by atoms with van der Waals surface area (Å²) in [5.41, 5.74) is 2.28. The molecule has 2 N–H and O–H groups in total. The van der Waals surface area contributed by atoms with Crippen LogP contribution >= 0.6 is 0 Å². The highest BCUT2D eigenvalue weighted by molar-refractivity contribution is 5.95. The molecule has 0 fully saturated rings. The molecule has 0 spiro atoms. The molecule has 1 rings (SSSR count). The first-order valence-electron chi connectivity index (χ1n) is 6.48. The van der Waals surface area contributed by atoms with Crippen LogP contribution in [0, 0.1) is 19.8 Å². The number of nitrogens with one attached hydrogen (secondary N) is 1. The van der Waals surface area contributed by atoms with Crippen molar-refractivity contribution in [1.29, 1.82) is 0 Å². The van der Waals surface area contributed by atoms with Gasteiger partial charge in [-0.3, -0.25) is 4.79 Å². The lowest BCUT2D eigenvalue weighted by molar-refractivity contribution is -0.117. The molecule has 5 heteroatoms. The minimum atomic E-state index is -0.991. The third-order valence-electron chi connectivity index (χ3n) is 3.17. The van der Waals surface area contributed by atoms with Gasteiger partial charge in [0.25, 0.3) is 0 Å². The maximum atomic E-state index is 11.9.